The molecular formula is C55H79F6N15O12S2. The number of carbonyl (C=O) groups is 10. The van der Waals surface area contributed by atoms with Crippen LogP contribution in [0.1, 0.15) is 70.4 Å². The predicted octanol–water partition coefficient (Wildman–Crippen LogP) is -1.89. The summed E-state index contributed by atoms with van der Waals surface area (Å²) in [6.45, 7) is -1.56. The van der Waals surface area contributed by atoms with Crippen LogP contribution in [0.4, 0.5) is 26.3 Å². The number of guanidine groups is 1. The van der Waals surface area contributed by atoms with Crippen LogP contribution in [0.25, 0.3) is 10.9 Å². The Morgan fingerprint density at radius 2 is 1.07 bits per heavy atom. The van der Waals surface area contributed by atoms with Crippen molar-refractivity contribution in [2.75, 3.05) is 44.2 Å². The number of nitrogens with two attached hydrogens (primary N) is 3. The van der Waals surface area contributed by atoms with Crippen LogP contribution in [0.5, 0.6) is 0 Å². The molecule has 3 aromatic rings. The number of benzene rings is 2. The van der Waals surface area contributed by atoms with Crippen molar-refractivity contribution in [1.82, 2.24) is 57.7 Å². The molecule has 1 aromatic heterocycles. The highest BCUT2D eigenvalue weighted by Crippen LogP contribution is 2.23. The third-order valence-corrected chi connectivity index (χ3v) is 14.1. The van der Waals surface area contributed by atoms with Crippen LogP contribution in [0.3, 0.4) is 0 Å². The number of hydrogen-bond donors (Lipinski definition) is 17. The van der Waals surface area contributed by atoms with Gasteiger partial charge in [-0.3, -0.25) is 52.9 Å². The van der Waals surface area contributed by atoms with Crippen LogP contribution in [-0.2, 0) is 60.8 Å². The molecule has 0 radical (unpaired) electrons. The molecule has 0 spiro atoms. The second kappa shape index (κ2) is 37.3. The molecule has 10 amide bonds. The standard InChI is InChI=1S/C55H79F6N15O12S2/c1-29(77)43(45(63)81)74-51(87)41(26-90)73-52(88)44(30(2)78)75-47(83)37(17-9-11-19-62)70-49(85)39(22-33-23-66-35-16-8-7-15-34(33)35)72-48(84)38(21-32-13-5-4-6-14-32)71-50(86)40(25-89)69-42(80)24-67-46(82)36(68-31(3)79)18-10-12-20-65-53(64)76(27-54(56,57)58)28-55(59,60)61/h4-8,13-16,23,29-30,36-41,43-44,66,77-78,89-90H,9-12,17-22,24-28,62H2,1-3H3,(H2,63,81)(H2,64,65)(H,67,82)(H,68,79)(H,69,80)(H,70,85)(H,71,86)(H,72,84)(H,73,88)(H,74,87)(H,75,83)/t29-,30-,36-,37+,38+,39-,40+,41+,43+,44+/m1/s1. The van der Waals surface area contributed by atoms with Crippen LogP contribution in [0.15, 0.2) is 65.8 Å². The maximum absolute atomic E-state index is 14.7. The summed E-state index contributed by atoms with van der Waals surface area (Å²) < 4.78 is 77.7. The third-order valence-electron chi connectivity index (χ3n) is 13.4. The molecule has 27 nitrogen and oxygen atoms in total. The highest BCUT2D eigenvalue weighted by Gasteiger charge is 2.39. The Balaban J connectivity index is 1.86. The van der Waals surface area contributed by atoms with Gasteiger partial charge >= 0.3 is 12.4 Å². The van der Waals surface area contributed by atoms with Gasteiger partial charge in [-0.05, 0) is 76.1 Å². The number of aliphatic hydroxyl groups is 2. The number of alkyl halides is 6. The van der Waals surface area contributed by atoms with E-state index in [9.17, 15) is 84.5 Å². The smallest absolute Gasteiger partial charge is 0.391 e. The van der Waals surface area contributed by atoms with Crippen molar-refractivity contribution in [3.8, 4) is 0 Å². The van der Waals surface area contributed by atoms with Crippen molar-refractivity contribution in [3.63, 3.8) is 0 Å². The molecule has 1 heterocycles. The molecule has 0 aliphatic heterocycles. The zero-order valence-electron chi connectivity index (χ0n) is 49.4. The number of para-hydroxylation sites is 1. The maximum atomic E-state index is 14.7. The van der Waals surface area contributed by atoms with Gasteiger partial charge in [-0.25, -0.2) is 0 Å². The Kier molecular flexibility index (Phi) is 31.7. The maximum Gasteiger partial charge on any atom is 0.406 e. The molecule has 35 heteroatoms. The molecule has 0 unspecified atom stereocenters. The Morgan fingerprint density at radius 3 is 1.61 bits per heavy atom. The lowest BCUT2D eigenvalue weighted by atomic mass is 10.0. The van der Waals surface area contributed by atoms with Crippen LogP contribution < -0.4 is 65.1 Å². The number of primary amides is 1. The van der Waals surface area contributed by atoms with E-state index in [2.05, 4.69) is 83.1 Å². The Morgan fingerprint density at radius 1 is 0.589 bits per heavy atom. The highest BCUT2D eigenvalue weighted by molar-refractivity contribution is 7.80. The fourth-order valence-corrected chi connectivity index (χ4v) is 9.33. The van der Waals surface area contributed by atoms with E-state index in [0.717, 1.165) is 13.8 Å². The summed E-state index contributed by atoms with van der Waals surface area (Å²) in [5.74, 6) is -11.2. The number of fused-ring (bicyclic) bond motifs is 1. The highest BCUT2D eigenvalue weighted by atomic mass is 32.1. The van der Waals surface area contributed by atoms with Gasteiger partial charge in [-0.1, -0.05) is 48.5 Å². The van der Waals surface area contributed by atoms with E-state index < -0.39 is 158 Å². The number of unbranched alkanes of at least 4 members (excludes halogenated alkanes) is 2. The summed E-state index contributed by atoms with van der Waals surface area (Å²) in [5.41, 5.74) is 18.2. The summed E-state index contributed by atoms with van der Waals surface area (Å²) in [6, 6.07) is 3.24. The number of aromatic nitrogens is 1. The number of hydrogen-bond acceptors (Lipinski definition) is 16. The largest absolute Gasteiger partial charge is 0.406 e. The molecule has 18 N–H and O–H groups in total. The first kappa shape index (κ1) is 76.4. The first-order chi connectivity index (χ1) is 42.3. The van der Waals surface area contributed by atoms with Gasteiger partial charge in [0.25, 0.3) is 0 Å². The molecule has 0 saturated heterocycles. The number of nitrogens with zero attached hydrogens (tertiary/aromatic N) is 2. The lowest BCUT2D eigenvalue weighted by Gasteiger charge is -2.28. The Hall–Kier alpha value is -7.89. The van der Waals surface area contributed by atoms with Gasteiger partial charge in [0.2, 0.25) is 59.1 Å². The average molecular weight is 1320 g/mol. The van der Waals surface area contributed by atoms with Crippen LogP contribution >= 0.6 is 25.3 Å². The molecule has 2 aromatic carbocycles. The molecular weight excluding hydrogens is 1240 g/mol. The molecule has 0 aliphatic rings. The van der Waals surface area contributed by atoms with Crippen molar-refractivity contribution in [2.45, 2.75) is 145 Å². The van der Waals surface area contributed by atoms with Gasteiger partial charge < -0.3 is 85.1 Å². The molecule has 10 atom stereocenters. The summed E-state index contributed by atoms with van der Waals surface area (Å²) in [6.07, 6.45) is -11.5. The number of carbonyl (C=O) groups excluding carboxylic acids is 10. The van der Waals surface area contributed by atoms with Crippen molar-refractivity contribution >= 4 is 101 Å². The van der Waals surface area contributed by atoms with E-state index in [1.807, 2.05) is 0 Å². The van der Waals surface area contributed by atoms with E-state index in [4.69, 9.17) is 17.2 Å². The molecule has 500 valence electrons. The SMILES string of the molecule is CC(=O)N[C@H](CCCCN=C(N)N(CC(F)(F)F)CC(F)(F)F)C(=O)NCC(=O)N[C@@H](CS)C(=O)N[C@@H](Cc1ccccc1)C(=O)N[C@H](Cc1c[nH]c2ccccc12)C(=O)N[C@@H](CCCCN)C(=O)N[C@H](C(=O)N[C@@H](CS)C(=O)N[C@H](C(N)=O)[C@@H](C)O)[C@@H](C)O. The minimum Gasteiger partial charge on any atom is -0.391 e. The lowest BCUT2D eigenvalue weighted by Crippen LogP contribution is -2.62. The number of rotatable bonds is 37. The van der Waals surface area contributed by atoms with E-state index in [0.29, 0.717) is 28.5 Å². The number of aromatic amines is 1. The van der Waals surface area contributed by atoms with Gasteiger partial charge in [0, 0.05) is 54.9 Å². The Labute approximate surface area is 524 Å². The van der Waals surface area contributed by atoms with Crippen molar-refractivity contribution in [3.05, 3.63) is 71.9 Å². The van der Waals surface area contributed by atoms with E-state index in [1.165, 1.54) is 6.92 Å². The summed E-state index contributed by atoms with van der Waals surface area (Å²) in [4.78, 5) is 141. The minimum atomic E-state index is -5.03. The summed E-state index contributed by atoms with van der Waals surface area (Å²) in [7, 11) is 0. The number of thiol groups is 2. The average Bonchev–Trinajstić information content (AvgIpc) is 2.70. The van der Waals surface area contributed by atoms with E-state index in [-0.39, 0.29) is 74.4 Å². The van der Waals surface area contributed by atoms with Gasteiger partial charge in [0.15, 0.2) is 5.96 Å². The number of amides is 10. The summed E-state index contributed by atoms with van der Waals surface area (Å²) in [5, 5.41) is 43.4. The molecule has 90 heavy (non-hydrogen) atoms. The molecule has 0 fully saturated rings. The Bertz CT molecular complexity index is 2910. The summed E-state index contributed by atoms with van der Waals surface area (Å²) >= 11 is 8.33. The molecule has 0 saturated carbocycles. The molecule has 3 rings (SSSR count). The number of H-pyrrole nitrogens is 1. The molecule has 0 aliphatic carbocycles. The third kappa shape index (κ3) is 27.1. The van der Waals surface area contributed by atoms with Gasteiger partial charge in [-0.15, -0.1) is 0 Å². The predicted molar refractivity (Wildman–Crippen MR) is 323 cm³/mol. The molecule has 0 bridgehead atoms. The second-order valence-corrected chi connectivity index (χ2v) is 21.6. The van der Waals surface area contributed by atoms with Crippen molar-refractivity contribution in [2.24, 2.45) is 22.2 Å². The van der Waals surface area contributed by atoms with E-state index in [1.54, 1.807) is 60.8 Å². The van der Waals surface area contributed by atoms with Crippen LogP contribution in [0, 0.1) is 0 Å². The second-order valence-electron chi connectivity index (χ2n) is 20.9. The van der Waals surface area contributed by atoms with Crippen LogP contribution in [0.2, 0.25) is 0 Å². The first-order valence-electron chi connectivity index (χ1n) is 28.3. The van der Waals surface area contributed by atoms with Crippen molar-refractivity contribution in [1.29, 1.82) is 0 Å². The number of aliphatic imine (C=N–C) groups is 1. The first-order valence-corrected chi connectivity index (χ1v) is 29.5. The topological polar surface area (TPSA) is 429 Å². The fraction of sp³-hybridized carbons (Fsp3) is 0.545. The van der Waals surface area contributed by atoms with Crippen LogP contribution in [-0.4, -0.2) is 202 Å². The van der Waals surface area contributed by atoms with Crippen molar-refractivity contribution < 1.29 is 84.5 Å². The van der Waals surface area contributed by atoms with E-state index >= 15 is 0 Å². The minimum absolute atomic E-state index is 0.0122. The monoisotopic (exact) mass is 1320 g/mol. The van der Waals surface area contributed by atoms with Gasteiger partial charge in [-0.2, -0.15) is 51.6 Å². The fourth-order valence-electron chi connectivity index (χ4n) is 8.81. The number of aliphatic hydroxyl groups excluding tert-OH is 2. The quantitative estimate of drug-likeness (QED) is 0.00988. The van der Waals surface area contributed by atoms with Gasteiger partial charge in [0.05, 0.1) is 18.8 Å². The van der Waals surface area contributed by atoms with Gasteiger partial charge in [0.1, 0.15) is 61.4 Å². The zero-order valence-corrected chi connectivity index (χ0v) is 51.2. The lowest BCUT2D eigenvalue weighted by molar-refractivity contribution is -0.168. The zero-order chi connectivity index (χ0) is 67.5. The number of halogens is 6. The number of nitrogens with one attached hydrogen (secondary N) is 10. The normalized spacial score (nSPS) is 15.2.